The molecule has 1 spiro atoms. The smallest absolute Gasteiger partial charge is 0.173 e. The molecule has 0 N–H and O–H groups in total. The summed E-state index contributed by atoms with van der Waals surface area (Å²) in [5.74, 6) is 0.375. The quantitative estimate of drug-likeness (QED) is 0.721. The summed E-state index contributed by atoms with van der Waals surface area (Å²) < 4.78 is 12.2. The zero-order valence-electron chi connectivity index (χ0n) is 14.1. The molecule has 3 aliphatic rings. The van der Waals surface area contributed by atoms with Crippen molar-refractivity contribution in [1.29, 1.82) is 5.26 Å². The Morgan fingerprint density at radius 1 is 1.32 bits per heavy atom. The van der Waals surface area contributed by atoms with Gasteiger partial charge >= 0.3 is 0 Å². The molecule has 1 heterocycles. The van der Waals surface area contributed by atoms with Gasteiger partial charge in [-0.2, -0.15) is 5.26 Å². The van der Waals surface area contributed by atoms with E-state index >= 15 is 0 Å². The summed E-state index contributed by atoms with van der Waals surface area (Å²) in [5, 5.41) is 9.71. The maximum Gasteiger partial charge on any atom is 0.173 e. The zero-order chi connectivity index (χ0) is 15.8. The Morgan fingerprint density at radius 2 is 2.05 bits per heavy atom. The second-order valence-electron chi connectivity index (χ2n) is 7.59. The van der Waals surface area contributed by atoms with Crippen molar-refractivity contribution in [2.45, 2.75) is 64.6 Å². The molecule has 122 valence electrons. The van der Waals surface area contributed by atoms with Crippen LogP contribution in [0.5, 0.6) is 0 Å². The fraction of sp³-hybridized carbons (Fsp3) is 0.842. The van der Waals surface area contributed by atoms with Crippen LogP contribution in [0.1, 0.15) is 58.8 Å². The summed E-state index contributed by atoms with van der Waals surface area (Å²) in [6, 6.07) is 2.59. The molecule has 1 saturated heterocycles. The first-order chi connectivity index (χ1) is 10.6. The average Bonchev–Trinajstić information content (AvgIpc) is 3.13. The lowest BCUT2D eigenvalue weighted by Gasteiger charge is -2.47. The lowest BCUT2D eigenvalue weighted by Crippen LogP contribution is -2.48. The minimum atomic E-state index is -0.464. The molecule has 3 nitrogen and oxygen atoms in total. The van der Waals surface area contributed by atoms with Crippen molar-refractivity contribution in [3.05, 3.63) is 12.2 Å². The summed E-state index contributed by atoms with van der Waals surface area (Å²) in [6.45, 7) is 10.1. The summed E-state index contributed by atoms with van der Waals surface area (Å²) >= 11 is 0. The van der Waals surface area contributed by atoms with Crippen molar-refractivity contribution >= 4 is 0 Å². The molecule has 4 unspecified atom stereocenters. The third-order valence-corrected chi connectivity index (χ3v) is 6.50. The van der Waals surface area contributed by atoms with Gasteiger partial charge < -0.3 is 9.47 Å². The first-order valence-corrected chi connectivity index (χ1v) is 8.92. The molecule has 0 amide bonds. The highest BCUT2D eigenvalue weighted by molar-refractivity contribution is 5.13. The van der Waals surface area contributed by atoms with Crippen molar-refractivity contribution in [2.75, 3.05) is 13.2 Å². The fourth-order valence-corrected chi connectivity index (χ4v) is 5.42. The Balaban J connectivity index is 1.90. The SMILES string of the molecule is C=C(CC)C(C)CC12CCCC(C#N)C1C1(CC2)OCCO1. The van der Waals surface area contributed by atoms with Gasteiger partial charge in [0.05, 0.1) is 25.2 Å². The van der Waals surface area contributed by atoms with Gasteiger partial charge in [-0.05, 0) is 43.4 Å². The van der Waals surface area contributed by atoms with Crippen LogP contribution in [-0.4, -0.2) is 19.0 Å². The van der Waals surface area contributed by atoms with Gasteiger partial charge in [-0.1, -0.05) is 32.4 Å². The Bertz CT molecular complexity index is 474. The Hall–Kier alpha value is -0.850. The summed E-state index contributed by atoms with van der Waals surface area (Å²) in [4.78, 5) is 0. The number of fused-ring (bicyclic) bond motifs is 2. The molecule has 2 aliphatic carbocycles. The van der Waals surface area contributed by atoms with Crippen LogP contribution in [0.15, 0.2) is 12.2 Å². The van der Waals surface area contributed by atoms with E-state index in [-0.39, 0.29) is 17.3 Å². The predicted octanol–water partition coefficient (Wildman–Crippen LogP) is 4.44. The first kappa shape index (κ1) is 16.0. The largest absolute Gasteiger partial charge is 0.347 e. The summed E-state index contributed by atoms with van der Waals surface area (Å²) in [6.07, 6.45) is 7.65. The molecular formula is C19H29NO2. The highest BCUT2D eigenvalue weighted by Crippen LogP contribution is 2.63. The molecule has 3 fully saturated rings. The van der Waals surface area contributed by atoms with Crippen LogP contribution in [0.25, 0.3) is 0 Å². The molecule has 3 heteroatoms. The number of nitriles is 1. The van der Waals surface area contributed by atoms with E-state index in [0.717, 1.165) is 38.5 Å². The van der Waals surface area contributed by atoms with Crippen LogP contribution in [0.3, 0.4) is 0 Å². The van der Waals surface area contributed by atoms with E-state index < -0.39 is 5.79 Å². The normalized spacial score (nSPS) is 37.7. The number of hydrogen-bond donors (Lipinski definition) is 0. The van der Waals surface area contributed by atoms with Gasteiger partial charge in [0.1, 0.15) is 0 Å². The maximum atomic E-state index is 9.71. The van der Waals surface area contributed by atoms with Gasteiger partial charge in [-0.25, -0.2) is 0 Å². The first-order valence-electron chi connectivity index (χ1n) is 8.92. The average molecular weight is 303 g/mol. The van der Waals surface area contributed by atoms with Crippen LogP contribution >= 0.6 is 0 Å². The molecule has 2 saturated carbocycles. The molecule has 0 aromatic rings. The number of hydrogen-bond acceptors (Lipinski definition) is 3. The van der Waals surface area contributed by atoms with Gasteiger partial charge in [0.2, 0.25) is 0 Å². The minimum Gasteiger partial charge on any atom is -0.347 e. The Morgan fingerprint density at radius 3 is 2.68 bits per heavy atom. The molecule has 0 aromatic carbocycles. The van der Waals surface area contributed by atoms with Crippen molar-refractivity contribution in [3.8, 4) is 6.07 Å². The van der Waals surface area contributed by atoms with Gasteiger partial charge in [-0.15, -0.1) is 0 Å². The predicted molar refractivity (Wildman–Crippen MR) is 86.0 cm³/mol. The van der Waals surface area contributed by atoms with Crippen molar-refractivity contribution in [2.24, 2.45) is 23.2 Å². The van der Waals surface area contributed by atoms with Crippen molar-refractivity contribution < 1.29 is 9.47 Å². The van der Waals surface area contributed by atoms with E-state index in [0.29, 0.717) is 19.1 Å². The van der Waals surface area contributed by atoms with Gasteiger partial charge in [0, 0.05) is 12.3 Å². The third-order valence-electron chi connectivity index (χ3n) is 6.50. The number of allylic oxidation sites excluding steroid dienone is 1. The molecule has 0 radical (unpaired) electrons. The Kier molecular flexibility index (Phi) is 4.36. The lowest BCUT2D eigenvalue weighted by molar-refractivity contribution is -0.210. The maximum absolute atomic E-state index is 9.71. The summed E-state index contributed by atoms with van der Waals surface area (Å²) in [7, 11) is 0. The van der Waals surface area contributed by atoms with Crippen LogP contribution in [0.4, 0.5) is 0 Å². The number of ether oxygens (including phenoxy) is 2. The minimum absolute atomic E-state index is 0.0800. The highest BCUT2D eigenvalue weighted by Gasteiger charge is 2.63. The van der Waals surface area contributed by atoms with Crippen LogP contribution in [0, 0.1) is 34.5 Å². The second kappa shape index (κ2) is 5.98. The molecule has 4 atom stereocenters. The molecular weight excluding hydrogens is 274 g/mol. The van der Waals surface area contributed by atoms with Crippen LogP contribution in [0.2, 0.25) is 0 Å². The van der Waals surface area contributed by atoms with Gasteiger partial charge in [0.25, 0.3) is 0 Å². The summed E-state index contributed by atoms with van der Waals surface area (Å²) in [5.41, 5.74) is 1.54. The Labute approximate surface area is 134 Å². The molecule has 1 aliphatic heterocycles. The van der Waals surface area contributed by atoms with E-state index in [4.69, 9.17) is 9.47 Å². The van der Waals surface area contributed by atoms with E-state index in [9.17, 15) is 5.26 Å². The number of rotatable bonds is 4. The van der Waals surface area contributed by atoms with Gasteiger partial charge in [0.15, 0.2) is 5.79 Å². The van der Waals surface area contributed by atoms with Crippen LogP contribution < -0.4 is 0 Å². The van der Waals surface area contributed by atoms with Gasteiger partial charge in [-0.3, -0.25) is 0 Å². The van der Waals surface area contributed by atoms with Crippen LogP contribution in [-0.2, 0) is 9.47 Å². The number of nitrogens with zero attached hydrogens (tertiary/aromatic N) is 1. The molecule has 3 rings (SSSR count). The van der Waals surface area contributed by atoms with E-state index in [1.54, 1.807) is 0 Å². The molecule has 22 heavy (non-hydrogen) atoms. The molecule has 0 aromatic heterocycles. The van der Waals surface area contributed by atoms with Crippen molar-refractivity contribution in [1.82, 2.24) is 0 Å². The zero-order valence-corrected chi connectivity index (χ0v) is 14.1. The standard InChI is InChI=1S/C19H29NO2/c1-4-14(2)15(3)12-18-7-5-6-16(13-20)17(18)19(9-8-18)21-10-11-22-19/h15-17H,2,4-12H2,1,3H3. The highest BCUT2D eigenvalue weighted by atomic mass is 16.7. The molecule has 0 bridgehead atoms. The monoisotopic (exact) mass is 303 g/mol. The van der Waals surface area contributed by atoms with E-state index in [1.807, 2.05) is 0 Å². The second-order valence-corrected chi connectivity index (χ2v) is 7.59. The van der Waals surface area contributed by atoms with E-state index in [1.165, 1.54) is 12.0 Å². The van der Waals surface area contributed by atoms with Crippen molar-refractivity contribution in [3.63, 3.8) is 0 Å². The third kappa shape index (κ3) is 2.41. The lowest BCUT2D eigenvalue weighted by atomic mass is 9.59. The fourth-order valence-electron chi connectivity index (χ4n) is 5.42. The van der Waals surface area contributed by atoms with E-state index in [2.05, 4.69) is 26.5 Å². The topological polar surface area (TPSA) is 42.2 Å².